The van der Waals surface area contributed by atoms with E-state index in [-0.39, 0.29) is 43.6 Å². The number of benzene rings is 3. The van der Waals surface area contributed by atoms with E-state index in [1.807, 2.05) is 26.0 Å². The first kappa shape index (κ1) is 52.2. The highest BCUT2D eigenvalue weighted by atomic mass is 35.5. The van der Waals surface area contributed by atoms with Gasteiger partial charge in [0.25, 0.3) is 0 Å². The molecule has 0 spiro atoms. The van der Waals surface area contributed by atoms with Crippen LogP contribution in [0.15, 0.2) is 61.1 Å². The van der Waals surface area contributed by atoms with E-state index >= 15 is 0 Å². The van der Waals surface area contributed by atoms with Gasteiger partial charge < -0.3 is 43.2 Å². The van der Waals surface area contributed by atoms with E-state index in [9.17, 15) is 14.3 Å². The van der Waals surface area contributed by atoms with Gasteiger partial charge >= 0.3 is 5.97 Å². The number of nitrogens with zero attached hydrogens (tertiary/aromatic N) is 6. The Kier molecular flexibility index (Phi) is 16.8. The average Bonchev–Trinajstić information content (AvgIpc) is 3.80. The molecule has 0 unspecified atom stereocenters. The van der Waals surface area contributed by atoms with Gasteiger partial charge in [-0.25, -0.2) is 29.1 Å². The van der Waals surface area contributed by atoms with Gasteiger partial charge in [0.05, 0.1) is 54.2 Å². The van der Waals surface area contributed by atoms with Crippen LogP contribution in [0, 0.1) is 25.6 Å². The van der Waals surface area contributed by atoms with Crippen molar-refractivity contribution in [2.75, 3.05) is 79.4 Å². The number of halogens is 3. The second-order valence-electron chi connectivity index (χ2n) is 19.7. The molecular weight excluding hydrogens is 1010 g/mol. The zero-order valence-electron chi connectivity index (χ0n) is 41.8. The van der Waals surface area contributed by atoms with Crippen LogP contribution in [-0.4, -0.2) is 139 Å². The standard InChI is InChI=1S/C55H61Cl2FN6O9S/c1-32-45-33(2)49(57)50(48(32)56)72-41(26-64-19-17-63(3)18-20-64)15-21-69-40-12-13-43(71-28-39-14-16-59-52(62-39)36-6-4-34(5-7-36)27-68-30-42-29-67-22-23-70-42)37(24-40)25-44(55(65)66)73-53-47-46(45)51(74-54(47)61-31-60-53)35-8-10-38(58)11-9-35/h8-14,16,24,31,34,36,41-42,44H,4-7,15,17-23,25-30H2,1-3H3,(H,65,66)/t34-,36-,41-,42-,44+/m0/s1. The summed E-state index contributed by atoms with van der Waals surface area (Å²) in [5.74, 6) is 1.21. The molecule has 74 heavy (non-hydrogen) atoms. The number of likely N-dealkylation sites (N-methyl/N-ethyl adjacent to an activating group) is 1. The van der Waals surface area contributed by atoms with Gasteiger partial charge in [0.1, 0.15) is 53.1 Å². The van der Waals surface area contributed by atoms with Crippen molar-refractivity contribution in [2.24, 2.45) is 5.92 Å². The summed E-state index contributed by atoms with van der Waals surface area (Å²) >= 11 is 16.1. The number of thiophene rings is 1. The molecule has 4 aliphatic heterocycles. The monoisotopic (exact) mass is 1070 g/mol. The Labute approximate surface area is 444 Å². The molecule has 1 N–H and O–H groups in total. The van der Waals surface area contributed by atoms with E-state index in [1.54, 1.807) is 30.5 Å². The van der Waals surface area contributed by atoms with E-state index in [1.165, 1.54) is 29.8 Å². The summed E-state index contributed by atoms with van der Waals surface area (Å²) in [6.45, 7) is 11.4. The molecule has 11 rings (SSSR count). The summed E-state index contributed by atoms with van der Waals surface area (Å²) in [5, 5.41) is 12.1. The summed E-state index contributed by atoms with van der Waals surface area (Å²) in [5.41, 5.74) is 4.58. The topological polar surface area (TPSA) is 160 Å². The minimum absolute atomic E-state index is 0.00281. The molecule has 2 saturated heterocycles. The first-order valence-corrected chi connectivity index (χ1v) is 27.0. The fourth-order valence-electron chi connectivity index (χ4n) is 10.3. The van der Waals surface area contributed by atoms with Crippen LogP contribution in [-0.2, 0) is 32.0 Å². The number of aliphatic carboxylic acids is 1. The Morgan fingerprint density at radius 3 is 2.41 bits per heavy atom. The van der Waals surface area contributed by atoms with Crippen LogP contribution < -0.4 is 18.9 Å². The molecule has 19 heteroatoms. The number of aromatic nitrogens is 4. The molecule has 392 valence electrons. The number of carboxylic acids is 1. The van der Waals surface area contributed by atoms with Crippen molar-refractivity contribution >= 4 is 50.7 Å². The van der Waals surface area contributed by atoms with E-state index in [0.29, 0.717) is 129 Å². The highest BCUT2D eigenvalue weighted by molar-refractivity contribution is 7.22. The fraction of sp³-hybridized carbons (Fsp3) is 0.473. The van der Waals surface area contributed by atoms with Crippen molar-refractivity contribution in [3.63, 3.8) is 0 Å². The fourth-order valence-corrected chi connectivity index (χ4v) is 12.0. The first-order chi connectivity index (χ1) is 35.9. The third kappa shape index (κ3) is 12.1. The molecule has 3 aromatic heterocycles. The Morgan fingerprint density at radius 2 is 1.66 bits per heavy atom. The first-order valence-electron chi connectivity index (χ1n) is 25.4. The van der Waals surface area contributed by atoms with Gasteiger partial charge in [-0.2, -0.15) is 0 Å². The quantitative estimate of drug-likeness (QED) is 0.123. The van der Waals surface area contributed by atoms with Gasteiger partial charge in [-0.05, 0) is 111 Å². The molecule has 5 aliphatic rings. The lowest BCUT2D eigenvalue weighted by atomic mass is 9.82. The van der Waals surface area contributed by atoms with Crippen LogP contribution in [0.4, 0.5) is 4.39 Å². The van der Waals surface area contributed by atoms with Crippen LogP contribution in [0.5, 0.6) is 23.1 Å². The summed E-state index contributed by atoms with van der Waals surface area (Å²) < 4.78 is 58.1. The van der Waals surface area contributed by atoms with Crippen LogP contribution in [0.1, 0.15) is 66.2 Å². The Balaban J connectivity index is 0.962. The van der Waals surface area contributed by atoms with Crippen LogP contribution in [0.3, 0.4) is 0 Å². The molecule has 6 aromatic rings. The molecule has 3 atom stereocenters. The molecular formula is C55H61Cl2FN6O9S. The van der Waals surface area contributed by atoms with Crippen molar-refractivity contribution in [3.8, 4) is 44.7 Å². The van der Waals surface area contributed by atoms with Gasteiger partial charge in [0.15, 0.2) is 5.75 Å². The maximum Gasteiger partial charge on any atom is 0.345 e. The third-order valence-corrected chi connectivity index (χ3v) is 16.6. The van der Waals surface area contributed by atoms with E-state index in [2.05, 4.69) is 31.8 Å². The van der Waals surface area contributed by atoms with Crippen molar-refractivity contribution in [3.05, 3.63) is 105 Å². The molecule has 1 aliphatic carbocycles. The molecule has 7 heterocycles. The summed E-state index contributed by atoms with van der Waals surface area (Å²) in [7, 11) is 2.12. The molecule has 1 saturated carbocycles. The smallest absolute Gasteiger partial charge is 0.345 e. The number of carbonyl (C=O) groups is 1. The molecule has 3 aromatic carbocycles. The zero-order chi connectivity index (χ0) is 51.3. The summed E-state index contributed by atoms with van der Waals surface area (Å²) in [6, 6.07) is 13.4. The predicted molar refractivity (Wildman–Crippen MR) is 281 cm³/mol. The minimum Gasteiger partial charge on any atom is -0.493 e. The van der Waals surface area contributed by atoms with Crippen molar-refractivity contribution in [2.45, 2.75) is 83.2 Å². The van der Waals surface area contributed by atoms with E-state index in [4.69, 9.17) is 61.3 Å². The second kappa shape index (κ2) is 23.8. The molecule has 4 bridgehead atoms. The Bertz CT molecular complexity index is 2900. The number of fused-ring (bicyclic) bond motifs is 8. The number of hydrogen-bond acceptors (Lipinski definition) is 15. The summed E-state index contributed by atoms with van der Waals surface area (Å²) in [6.07, 6.45) is 5.60. The normalized spacial score (nSPS) is 22.1. The number of carboxylic acid groups (broad SMARTS) is 1. The third-order valence-electron chi connectivity index (χ3n) is 14.5. The Hall–Kier alpha value is -5.24. The van der Waals surface area contributed by atoms with Gasteiger partial charge in [-0.15, -0.1) is 11.3 Å². The van der Waals surface area contributed by atoms with Crippen molar-refractivity contribution in [1.29, 1.82) is 0 Å². The maximum atomic E-state index is 14.4. The van der Waals surface area contributed by atoms with Crippen LogP contribution in [0.2, 0.25) is 10.0 Å². The van der Waals surface area contributed by atoms with Gasteiger partial charge in [-0.3, -0.25) is 4.90 Å². The van der Waals surface area contributed by atoms with Crippen molar-refractivity contribution < 1.29 is 47.4 Å². The molecule has 15 nitrogen and oxygen atoms in total. The summed E-state index contributed by atoms with van der Waals surface area (Å²) in [4.78, 5) is 38.2. The largest absolute Gasteiger partial charge is 0.493 e. The number of rotatable bonds is 12. The highest BCUT2D eigenvalue weighted by Gasteiger charge is 2.32. The lowest BCUT2D eigenvalue weighted by Gasteiger charge is -2.35. The molecule has 3 fully saturated rings. The lowest BCUT2D eigenvalue weighted by Crippen LogP contribution is -2.48. The average molecular weight is 1070 g/mol. The van der Waals surface area contributed by atoms with E-state index in [0.717, 1.165) is 62.6 Å². The van der Waals surface area contributed by atoms with Gasteiger partial charge in [-0.1, -0.05) is 35.3 Å². The lowest BCUT2D eigenvalue weighted by molar-refractivity contribution is -0.145. The second-order valence-corrected chi connectivity index (χ2v) is 21.4. The molecule has 0 radical (unpaired) electrons. The SMILES string of the molecule is Cc1c(Cl)c2c(Cl)c(C)c1-c1c(-c3ccc(F)cc3)sc3ncnc(c13)O[C@@H](C(=O)O)Cc1cc(ccc1OCc1ccnc([C@H]3CC[C@H](COC[C@@H]4COCCO4)CC3)n1)OCC[C@@H](CN1CCN(C)CC1)O2. The minimum atomic E-state index is -1.45. The predicted octanol–water partition coefficient (Wildman–Crippen LogP) is 10.0. The zero-order valence-corrected chi connectivity index (χ0v) is 44.2. The van der Waals surface area contributed by atoms with Crippen LogP contribution >= 0.6 is 34.5 Å². The number of piperazine rings is 1. The Morgan fingerprint density at radius 1 is 0.878 bits per heavy atom. The van der Waals surface area contributed by atoms with E-state index < -0.39 is 17.9 Å². The number of hydrogen-bond donors (Lipinski definition) is 1. The number of ether oxygens (including phenoxy) is 7. The highest BCUT2D eigenvalue weighted by Crippen LogP contribution is 2.53. The van der Waals surface area contributed by atoms with Crippen LogP contribution in [0.25, 0.3) is 31.8 Å². The van der Waals surface area contributed by atoms with Gasteiger partial charge in [0.2, 0.25) is 12.0 Å². The molecule has 0 amide bonds. The maximum absolute atomic E-state index is 14.4. The van der Waals surface area contributed by atoms with Gasteiger partial charge in [0, 0.05) is 80.3 Å². The van der Waals surface area contributed by atoms with Crippen molar-refractivity contribution in [1.82, 2.24) is 29.7 Å².